The third-order valence-corrected chi connectivity index (χ3v) is 9.80. The van der Waals surface area contributed by atoms with E-state index in [1.807, 2.05) is 81.9 Å². The number of benzene rings is 7. The SMILES string of the molecule is [2H]c1c([2H])c([2H])c(-c2nc(-n3c4ccccc4c4ccccc43)nc(-n3c4ccccc4c4c5c6ccccc6n(-c6ccccc6)c5ccc43)n2)c([2H])c1[2H]. The van der Waals surface area contributed by atoms with E-state index in [4.69, 9.17) is 21.8 Å². The fourth-order valence-corrected chi connectivity index (χ4v) is 7.75. The van der Waals surface area contributed by atoms with E-state index < -0.39 is 18.1 Å². The maximum atomic E-state index is 8.94. The fraction of sp³-hybridized carbons (Fsp3) is 0. The zero-order valence-corrected chi connectivity index (χ0v) is 27.0. The molecule has 0 aliphatic heterocycles. The summed E-state index contributed by atoms with van der Waals surface area (Å²) in [6.45, 7) is 0. The van der Waals surface area contributed by atoms with Crippen molar-refractivity contribution in [1.29, 1.82) is 0 Å². The average Bonchev–Trinajstić information content (AvgIpc) is 3.88. The Morgan fingerprint density at radius 1 is 0.373 bits per heavy atom. The van der Waals surface area contributed by atoms with E-state index in [1.54, 1.807) is 0 Å². The smallest absolute Gasteiger partial charge is 0.240 e. The monoisotopic (exact) mass is 657 g/mol. The quantitative estimate of drug-likeness (QED) is 0.189. The largest absolute Gasteiger partial charge is 0.309 e. The van der Waals surface area contributed by atoms with E-state index in [0.29, 0.717) is 0 Å². The van der Waals surface area contributed by atoms with Crippen LogP contribution in [0.5, 0.6) is 0 Å². The van der Waals surface area contributed by atoms with Gasteiger partial charge >= 0.3 is 0 Å². The van der Waals surface area contributed by atoms with Crippen LogP contribution in [0.4, 0.5) is 0 Å². The summed E-state index contributed by atoms with van der Waals surface area (Å²) >= 11 is 0. The van der Waals surface area contributed by atoms with Crippen molar-refractivity contribution in [3.05, 3.63) is 170 Å². The van der Waals surface area contributed by atoms with Gasteiger partial charge in [-0.05, 0) is 48.5 Å². The summed E-state index contributed by atoms with van der Waals surface area (Å²) in [6, 6.07) is 44.9. The Hall–Kier alpha value is -7.05. The highest BCUT2D eigenvalue weighted by Crippen LogP contribution is 2.42. The standard InChI is InChI=1S/C45H28N6/c1-3-15-29(16-4-1)43-46-44(50-35-23-11-7-19-31(35)32-20-8-12-24-36(32)50)48-45(47-43)51-38-26-14-10-22-34(38)42-40(51)28-27-39-41(42)33-21-9-13-25-37(33)49(39)30-17-5-2-6-18-30/h1-28H/i1D,3D,4D,15D,16D. The molecule has 0 amide bonds. The van der Waals surface area contributed by atoms with Crippen LogP contribution in [0, 0.1) is 0 Å². The van der Waals surface area contributed by atoms with Crippen LogP contribution >= 0.6 is 0 Å². The first-order valence-electron chi connectivity index (χ1n) is 19.2. The number of nitrogens with zero attached hydrogens (tertiary/aromatic N) is 6. The zero-order valence-electron chi connectivity index (χ0n) is 32.0. The molecule has 6 nitrogen and oxygen atoms in total. The molecule has 0 atom stereocenters. The van der Waals surface area contributed by atoms with Crippen molar-refractivity contribution in [2.45, 2.75) is 0 Å². The van der Waals surface area contributed by atoms with E-state index in [-0.39, 0.29) is 35.4 Å². The van der Waals surface area contributed by atoms with Gasteiger partial charge in [-0.3, -0.25) is 9.13 Å². The first kappa shape index (κ1) is 23.3. The highest BCUT2D eigenvalue weighted by molar-refractivity contribution is 6.28. The summed E-state index contributed by atoms with van der Waals surface area (Å²) in [5.74, 6) is 0.467. The van der Waals surface area contributed by atoms with Crippen molar-refractivity contribution in [1.82, 2.24) is 28.7 Å². The molecule has 6 heteroatoms. The Kier molecular flexibility index (Phi) is 4.91. The molecular formula is C45H28N6. The van der Waals surface area contributed by atoms with Gasteiger partial charge in [0.25, 0.3) is 0 Å². The zero-order chi connectivity index (χ0) is 37.8. The van der Waals surface area contributed by atoms with Gasteiger partial charge in [-0.2, -0.15) is 15.0 Å². The molecule has 0 unspecified atom stereocenters. The molecule has 0 radical (unpaired) electrons. The lowest BCUT2D eigenvalue weighted by Gasteiger charge is -2.12. The van der Waals surface area contributed by atoms with Crippen LogP contribution in [-0.2, 0) is 0 Å². The Bertz CT molecular complexity index is 3360. The minimum Gasteiger partial charge on any atom is -0.309 e. The highest BCUT2D eigenvalue weighted by Gasteiger charge is 2.23. The topological polar surface area (TPSA) is 53.5 Å². The van der Waals surface area contributed by atoms with Crippen LogP contribution in [0.2, 0.25) is 0 Å². The Morgan fingerprint density at radius 2 is 0.804 bits per heavy atom. The molecule has 4 heterocycles. The highest BCUT2D eigenvalue weighted by atomic mass is 15.3. The summed E-state index contributed by atoms with van der Waals surface area (Å²) < 4.78 is 49.4. The first-order chi connectivity index (χ1) is 27.4. The van der Waals surface area contributed by atoms with E-state index in [0.717, 1.165) is 71.1 Å². The van der Waals surface area contributed by atoms with E-state index in [2.05, 4.69) is 71.3 Å². The van der Waals surface area contributed by atoms with Crippen LogP contribution in [0.15, 0.2) is 170 Å². The second-order valence-corrected chi connectivity index (χ2v) is 12.5. The lowest BCUT2D eigenvalue weighted by Crippen LogP contribution is -2.10. The molecule has 0 aliphatic carbocycles. The minimum absolute atomic E-state index is 0.0310. The summed E-state index contributed by atoms with van der Waals surface area (Å²) in [6.07, 6.45) is 0. The van der Waals surface area contributed by atoms with Crippen LogP contribution in [0.1, 0.15) is 6.85 Å². The maximum absolute atomic E-state index is 8.94. The molecule has 11 rings (SSSR count). The molecule has 0 aliphatic rings. The Balaban J connectivity index is 1.29. The molecule has 0 fully saturated rings. The van der Waals surface area contributed by atoms with Crippen molar-refractivity contribution in [3.8, 4) is 29.0 Å². The molecule has 4 aromatic heterocycles. The van der Waals surface area contributed by atoms with Gasteiger partial charge in [-0.1, -0.05) is 121 Å². The van der Waals surface area contributed by atoms with Gasteiger partial charge in [0, 0.05) is 43.6 Å². The molecule has 0 spiro atoms. The van der Waals surface area contributed by atoms with Gasteiger partial charge in [0.15, 0.2) is 5.82 Å². The van der Waals surface area contributed by atoms with Crippen LogP contribution in [0.3, 0.4) is 0 Å². The predicted molar refractivity (Wildman–Crippen MR) is 208 cm³/mol. The molecule has 0 N–H and O–H groups in total. The molecular weight excluding hydrogens is 625 g/mol. The van der Waals surface area contributed by atoms with Crippen LogP contribution in [0.25, 0.3) is 94.4 Å². The molecule has 238 valence electrons. The molecule has 0 bridgehead atoms. The van der Waals surface area contributed by atoms with Gasteiger partial charge < -0.3 is 4.57 Å². The summed E-state index contributed by atoms with van der Waals surface area (Å²) in [5, 5.41) is 6.20. The average molecular weight is 658 g/mol. The van der Waals surface area contributed by atoms with E-state index in [9.17, 15) is 0 Å². The van der Waals surface area contributed by atoms with Gasteiger partial charge in [-0.25, -0.2) is 0 Å². The summed E-state index contributed by atoms with van der Waals surface area (Å²) in [7, 11) is 0. The molecule has 11 aromatic rings. The van der Waals surface area contributed by atoms with Gasteiger partial charge in [0.1, 0.15) is 0 Å². The second-order valence-electron chi connectivity index (χ2n) is 12.5. The molecule has 0 saturated heterocycles. The van der Waals surface area contributed by atoms with Crippen LogP contribution < -0.4 is 0 Å². The number of fused-ring (bicyclic) bond motifs is 10. The summed E-state index contributed by atoms with van der Waals surface area (Å²) in [5.41, 5.74) is 6.49. The molecule has 7 aromatic carbocycles. The van der Waals surface area contributed by atoms with Crippen molar-refractivity contribution < 1.29 is 6.85 Å². The van der Waals surface area contributed by atoms with Crippen molar-refractivity contribution in [2.75, 3.05) is 0 Å². The normalized spacial score (nSPS) is 13.3. The van der Waals surface area contributed by atoms with Gasteiger partial charge in [0.2, 0.25) is 11.9 Å². The lowest BCUT2D eigenvalue weighted by molar-refractivity contribution is 0.893. The van der Waals surface area contributed by atoms with Crippen molar-refractivity contribution in [2.24, 2.45) is 0 Å². The van der Waals surface area contributed by atoms with Crippen molar-refractivity contribution in [3.63, 3.8) is 0 Å². The summed E-state index contributed by atoms with van der Waals surface area (Å²) in [4.78, 5) is 15.1. The number of rotatable bonds is 4. The van der Waals surface area contributed by atoms with Gasteiger partial charge in [0.05, 0.1) is 40.0 Å². The van der Waals surface area contributed by atoms with Gasteiger partial charge in [-0.15, -0.1) is 0 Å². The van der Waals surface area contributed by atoms with E-state index >= 15 is 0 Å². The third kappa shape index (κ3) is 4.01. The predicted octanol–water partition coefficient (Wildman–Crippen LogP) is 10.8. The Morgan fingerprint density at radius 3 is 1.37 bits per heavy atom. The van der Waals surface area contributed by atoms with E-state index in [1.165, 1.54) is 0 Å². The molecule has 51 heavy (non-hydrogen) atoms. The maximum Gasteiger partial charge on any atom is 0.240 e. The third-order valence-electron chi connectivity index (χ3n) is 9.80. The number of aromatic nitrogens is 6. The number of hydrogen-bond acceptors (Lipinski definition) is 3. The second kappa shape index (κ2) is 10.7. The lowest BCUT2D eigenvalue weighted by atomic mass is 10.1. The first-order valence-corrected chi connectivity index (χ1v) is 16.7. The fourth-order valence-electron chi connectivity index (χ4n) is 7.75. The minimum atomic E-state index is -0.485. The molecule has 0 saturated carbocycles. The van der Waals surface area contributed by atoms with Crippen molar-refractivity contribution >= 4 is 65.4 Å². The number of hydrogen-bond donors (Lipinski definition) is 0. The number of para-hydroxylation sites is 5. The van der Waals surface area contributed by atoms with Crippen LogP contribution in [-0.4, -0.2) is 28.7 Å². The Labute approximate surface area is 299 Å².